The molecule has 2 N–H and O–H groups in total. The van der Waals surface area contributed by atoms with E-state index in [2.05, 4.69) is 22.4 Å². The van der Waals surface area contributed by atoms with Gasteiger partial charge in [0.1, 0.15) is 24.2 Å². The van der Waals surface area contributed by atoms with Gasteiger partial charge in [0.05, 0.1) is 29.2 Å². The first-order chi connectivity index (χ1) is 16.3. The number of allylic oxidation sites excluding steroid dienone is 1. The average molecular weight is 462 g/mol. The van der Waals surface area contributed by atoms with Crippen LogP contribution >= 0.6 is 0 Å². The second kappa shape index (κ2) is 9.87. The Kier molecular flexibility index (Phi) is 6.90. The van der Waals surface area contributed by atoms with Crippen LogP contribution in [0.1, 0.15) is 36.6 Å². The van der Waals surface area contributed by atoms with E-state index in [0.29, 0.717) is 30.4 Å². The number of nitrogens with zero attached hydrogens (tertiary/aromatic N) is 4. The number of aliphatic imine (C=N–C) groups is 1. The molecule has 0 radical (unpaired) electrons. The summed E-state index contributed by atoms with van der Waals surface area (Å²) < 4.78 is 11.3. The van der Waals surface area contributed by atoms with Gasteiger partial charge in [-0.2, -0.15) is 0 Å². The molecule has 1 aliphatic heterocycles. The summed E-state index contributed by atoms with van der Waals surface area (Å²) in [6, 6.07) is 7.62. The Bertz CT molecular complexity index is 1260. The van der Waals surface area contributed by atoms with Gasteiger partial charge < -0.3 is 19.7 Å². The number of aliphatic hydroxyl groups excluding tert-OH is 1. The average Bonchev–Trinajstić information content (AvgIpc) is 3.33. The predicted molar refractivity (Wildman–Crippen MR) is 133 cm³/mol. The lowest BCUT2D eigenvalue weighted by Gasteiger charge is -2.16. The van der Waals surface area contributed by atoms with Crippen molar-refractivity contribution in [3.05, 3.63) is 52.6 Å². The van der Waals surface area contributed by atoms with Crippen molar-refractivity contribution in [2.75, 3.05) is 26.7 Å². The molecule has 1 atom stereocenters. The van der Waals surface area contributed by atoms with E-state index in [0.717, 1.165) is 45.1 Å². The number of rotatable bonds is 8. The molecule has 8 heteroatoms. The number of hydrogen-bond acceptors (Lipinski definition) is 8. The number of aromatic nitrogens is 3. The number of benzene rings is 1. The lowest BCUT2D eigenvalue weighted by atomic mass is 9.96. The van der Waals surface area contributed by atoms with Crippen molar-refractivity contribution >= 4 is 11.3 Å². The van der Waals surface area contributed by atoms with Gasteiger partial charge in [-0.15, -0.1) is 0 Å². The minimum atomic E-state index is -0.596. The molecule has 0 spiro atoms. The predicted octanol–water partition coefficient (Wildman–Crippen LogP) is 3.93. The van der Waals surface area contributed by atoms with Crippen molar-refractivity contribution in [1.29, 1.82) is 0 Å². The second-order valence-electron chi connectivity index (χ2n) is 8.68. The van der Waals surface area contributed by atoms with E-state index >= 15 is 0 Å². The summed E-state index contributed by atoms with van der Waals surface area (Å²) in [5, 5.41) is 17.1. The highest BCUT2D eigenvalue weighted by Crippen LogP contribution is 2.36. The Hall–Kier alpha value is -3.36. The number of nitrogens with one attached hydrogen (secondary N) is 1. The molecule has 0 saturated carbocycles. The summed E-state index contributed by atoms with van der Waals surface area (Å²) in [6.07, 6.45) is -0.596. The van der Waals surface area contributed by atoms with E-state index in [1.807, 2.05) is 52.0 Å². The first-order valence-corrected chi connectivity index (χ1v) is 11.4. The van der Waals surface area contributed by atoms with Crippen LogP contribution in [0.15, 0.2) is 39.4 Å². The zero-order valence-corrected chi connectivity index (χ0v) is 20.6. The highest BCUT2D eigenvalue weighted by atomic mass is 16.5. The van der Waals surface area contributed by atoms with Crippen LogP contribution in [0.25, 0.3) is 28.2 Å². The van der Waals surface area contributed by atoms with Gasteiger partial charge in [0.25, 0.3) is 0 Å². The van der Waals surface area contributed by atoms with Crippen LogP contribution in [0.2, 0.25) is 0 Å². The molecular formula is C26H31N5O3. The van der Waals surface area contributed by atoms with Crippen LogP contribution in [0, 0.1) is 20.8 Å². The number of likely N-dealkylation sites (N-methyl/N-ethyl adjacent to an activating group) is 1. The molecule has 4 rings (SSSR count). The van der Waals surface area contributed by atoms with Gasteiger partial charge in [-0.1, -0.05) is 17.3 Å². The largest absolute Gasteiger partial charge is 0.491 e. The van der Waals surface area contributed by atoms with Gasteiger partial charge in [0.2, 0.25) is 0 Å². The molecule has 0 aliphatic carbocycles. The lowest BCUT2D eigenvalue weighted by molar-refractivity contribution is 0.108. The van der Waals surface area contributed by atoms with Gasteiger partial charge in [-0.25, -0.2) is 9.97 Å². The fourth-order valence-corrected chi connectivity index (χ4v) is 4.24. The molecular weight excluding hydrogens is 430 g/mol. The summed E-state index contributed by atoms with van der Waals surface area (Å²) in [5.74, 6) is 1.94. The quantitative estimate of drug-likeness (QED) is 0.523. The molecule has 2 aromatic heterocycles. The Morgan fingerprint density at radius 3 is 2.53 bits per heavy atom. The summed E-state index contributed by atoms with van der Waals surface area (Å²) >= 11 is 0. The molecule has 178 valence electrons. The summed E-state index contributed by atoms with van der Waals surface area (Å²) in [5.41, 5.74) is 8.35. The third kappa shape index (κ3) is 4.64. The van der Waals surface area contributed by atoms with E-state index in [1.165, 1.54) is 5.57 Å². The maximum atomic E-state index is 9.99. The smallest absolute Gasteiger partial charge is 0.160 e. The molecule has 8 nitrogen and oxygen atoms in total. The zero-order valence-electron chi connectivity index (χ0n) is 20.6. The number of aliphatic hydroxyl groups is 1. The Morgan fingerprint density at radius 1 is 1.12 bits per heavy atom. The van der Waals surface area contributed by atoms with Crippen molar-refractivity contribution in [3.8, 4) is 28.4 Å². The highest BCUT2D eigenvalue weighted by Gasteiger charge is 2.25. The van der Waals surface area contributed by atoms with Crippen molar-refractivity contribution in [2.45, 2.75) is 40.7 Å². The van der Waals surface area contributed by atoms with Crippen LogP contribution in [-0.4, -0.2) is 58.8 Å². The highest BCUT2D eigenvalue weighted by molar-refractivity contribution is 6.25. The van der Waals surface area contributed by atoms with Gasteiger partial charge in [0, 0.05) is 29.0 Å². The number of hydrogen-bond donors (Lipinski definition) is 2. The molecule has 1 unspecified atom stereocenters. The Morgan fingerprint density at radius 2 is 1.88 bits per heavy atom. The molecule has 0 saturated heterocycles. The van der Waals surface area contributed by atoms with Gasteiger partial charge >= 0.3 is 0 Å². The van der Waals surface area contributed by atoms with E-state index in [4.69, 9.17) is 19.2 Å². The molecule has 3 heterocycles. The molecule has 1 aromatic carbocycles. The number of aryl methyl sites for hydroxylation is 2. The SMILES string of the molecule is CNCC(O)COc1cccc(-c2nc(C3=C(C)CN=C3C)c(C)c(-c3c(C)noc3C)n2)c1. The summed E-state index contributed by atoms with van der Waals surface area (Å²) in [7, 11) is 1.79. The zero-order chi connectivity index (χ0) is 24.4. The van der Waals surface area contributed by atoms with Crippen molar-refractivity contribution in [2.24, 2.45) is 4.99 Å². The van der Waals surface area contributed by atoms with Crippen LogP contribution in [0.3, 0.4) is 0 Å². The third-order valence-corrected chi connectivity index (χ3v) is 5.97. The van der Waals surface area contributed by atoms with Crippen molar-refractivity contribution < 1.29 is 14.4 Å². The molecule has 0 amide bonds. The fourth-order valence-electron chi connectivity index (χ4n) is 4.24. The van der Waals surface area contributed by atoms with E-state index in [-0.39, 0.29) is 6.61 Å². The van der Waals surface area contributed by atoms with Crippen molar-refractivity contribution in [1.82, 2.24) is 20.4 Å². The first-order valence-electron chi connectivity index (χ1n) is 11.4. The molecule has 0 bridgehead atoms. The van der Waals surface area contributed by atoms with E-state index < -0.39 is 6.10 Å². The normalized spacial score (nSPS) is 14.5. The monoisotopic (exact) mass is 461 g/mol. The second-order valence-corrected chi connectivity index (χ2v) is 8.68. The van der Waals surface area contributed by atoms with Gasteiger partial charge in [-0.3, -0.25) is 4.99 Å². The van der Waals surface area contributed by atoms with Crippen LogP contribution in [0.4, 0.5) is 0 Å². The van der Waals surface area contributed by atoms with Crippen LogP contribution in [0.5, 0.6) is 5.75 Å². The molecule has 3 aromatic rings. The minimum absolute atomic E-state index is 0.191. The Labute approximate surface area is 199 Å². The Balaban J connectivity index is 1.83. The molecule has 0 fully saturated rings. The lowest BCUT2D eigenvalue weighted by Crippen LogP contribution is -2.29. The summed E-state index contributed by atoms with van der Waals surface area (Å²) in [4.78, 5) is 14.6. The van der Waals surface area contributed by atoms with Crippen LogP contribution in [-0.2, 0) is 0 Å². The fraction of sp³-hybridized carbons (Fsp3) is 0.385. The maximum Gasteiger partial charge on any atom is 0.160 e. The van der Waals surface area contributed by atoms with Crippen molar-refractivity contribution in [3.63, 3.8) is 0 Å². The number of ether oxygens (including phenoxy) is 1. The van der Waals surface area contributed by atoms with Gasteiger partial charge in [0.15, 0.2) is 5.82 Å². The minimum Gasteiger partial charge on any atom is -0.491 e. The molecule has 34 heavy (non-hydrogen) atoms. The van der Waals surface area contributed by atoms with Crippen LogP contribution < -0.4 is 10.1 Å². The summed E-state index contributed by atoms with van der Waals surface area (Å²) in [6.45, 7) is 11.3. The standard InChI is InChI=1S/C26H31N5O3/c1-14-11-28-16(3)22(14)24-15(2)25(23-17(4)31-34-18(23)5)30-26(29-24)19-8-7-9-21(10-19)33-13-20(32)12-27-6/h7-10,20,27,32H,11-13H2,1-6H3. The maximum absolute atomic E-state index is 9.99. The first kappa shape index (κ1) is 23.8. The van der Waals surface area contributed by atoms with E-state index in [9.17, 15) is 5.11 Å². The molecule has 1 aliphatic rings. The third-order valence-electron chi connectivity index (χ3n) is 5.97. The van der Waals surface area contributed by atoms with E-state index in [1.54, 1.807) is 7.05 Å². The topological polar surface area (TPSA) is 106 Å². The van der Waals surface area contributed by atoms with Gasteiger partial charge in [-0.05, 0) is 59.4 Å².